The van der Waals surface area contributed by atoms with Crippen molar-refractivity contribution in [1.82, 2.24) is 4.90 Å². The molecule has 1 aromatic carbocycles. The quantitative estimate of drug-likeness (QED) is 0.853. The van der Waals surface area contributed by atoms with Gasteiger partial charge in [0.05, 0.1) is 7.11 Å². The molecule has 0 aromatic heterocycles. The number of rotatable bonds is 3. The van der Waals surface area contributed by atoms with Gasteiger partial charge in [0.2, 0.25) is 5.91 Å². The predicted octanol–water partition coefficient (Wildman–Crippen LogP) is 3.36. The lowest BCUT2D eigenvalue weighted by Crippen LogP contribution is -2.49. The van der Waals surface area contributed by atoms with Gasteiger partial charge >= 0.3 is 0 Å². The number of amides is 1. The van der Waals surface area contributed by atoms with Gasteiger partial charge in [-0.05, 0) is 62.1 Å². The van der Waals surface area contributed by atoms with Gasteiger partial charge in [-0.1, -0.05) is 12.1 Å². The maximum atomic E-state index is 13.0. The second-order valence-corrected chi connectivity index (χ2v) is 7.46. The monoisotopic (exact) mass is 329 g/mol. The number of fused-ring (bicyclic) bond motifs is 2. The Morgan fingerprint density at radius 1 is 1.04 bits per heavy atom. The molecule has 0 aliphatic carbocycles. The third-order valence-corrected chi connectivity index (χ3v) is 6.15. The molecule has 2 bridgehead atoms. The molecule has 4 rings (SSSR count). The van der Waals surface area contributed by atoms with Crippen LogP contribution in [0.4, 0.5) is 0 Å². The molecule has 3 aliphatic heterocycles. The molecule has 0 spiro atoms. The van der Waals surface area contributed by atoms with Crippen molar-refractivity contribution in [3.05, 3.63) is 29.8 Å². The zero-order valence-electron chi connectivity index (χ0n) is 14.4. The highest BCUT2D eigenvalue weighted by molar-refractivity contribution is 5.80. The molecule has 0 radical (unpaired) electrons. The highest BCUT2D eigenvalue weighted by atomic mass is 16.5. The van der Waals surface area contributed by atoms with Gasteiger partial charge in [0.15, 0.2) is 0 Å². The highest BCUT2D eigenvalue weighted by Gasteiger charge is 2.45. The molecule has 130 valence electrons. The summed E-state index contributed by atoms with van der Waals surface area (Å²) in [5.41, 5.74) is 1.39. The van der Waals surface area contributed by atoms with E-state index in [2.05, 4.69) is 29.2 Å². The molecule has 3 aliphatic rings. The molecule has 24 heavy (non-hydrogen) atoms. The fourth-order valence-corrected chi connectivity index (χ4v) is 4.84. The van der Waals surface area contributed by atoms with Crippen molar-refractivity contribution in [3.63, 3.8) is 0 Å². The van der Waals surface area contributed by atoms with Crippen LogP contribution in [-0.4, -0.2) is 43.2 Å². The minimum Gasteiger partial charge on any atom is -0.497 e. The molecule has 0 saturated carbocycles. The van der Waals surface area contributed by atoms with Crippen LogP contribution in [0.2, 0.25) is 0 Å². The van der Waals surface area contributed by atoms with Crippen LogP contribution >= 0.6 is 0 Å². The number of nitrogens with zero attached hydrogens (tertiary/aromatic N) is 1. The first kappa shape index (κ1) is 15.9. The molecule has 4 nitrogen and oxygen atoms in total. The van der Waals surface area contributed by atoms with Crippen LogP contribution in [0.15, 0.2) is 24.3 Å². The predicted molar refractivity (Wildman–Crippen MR) is 92.2 cm³/mol. The van der Waals surface area contributed by atoms with E-state index in [9.17, 15) is 4.79 Å². The fourth-order valence-electron chi connectivity index (χ4n) is 4.84. The molecule has 1 amide bonds. The second-order valence-electron chi connectivity index (χ2n) is 7.46. The molecule has 1 aromatic rings. The number of benzene rings is 1. The minimum absolute atomic E-state index is 0.194. The Bertz CT molecular complexity index is 565. The van der Waals surface area contributed by atoms with Crippen LogP contribution in [-0.2, 0) is 9.53 Å². The third-order valence-electron chi connectivity index (χ3n) is 6.15. The highest BCUT2D eigenvalue weighted by Crippen LogP contribution is 2.44. The summed E-state index contributed by atoms with van der Waals surface area (Å²) < 4.78 is 10.7. The third kappa shape index (κ3) is 2.92. The second kappa shape index (κ2) is 6.75. The van der Waals surface area contributed by atoms with Gasteiger partial charge in [-0.3, -0.25) is 4.79 Å². The topological polar surface area (TPSA) is 38.8 Å². The molecule has 3 heterocycles. The zero-order chi connectivity index (χ0) is 16.5. The Hall–Kier alpha value is -1.55. The normalized spacial score (nSPS) is 30.4. The van der Waals surface area contributed by atoms with E-state index in [0.717, 1.165) is 44.6 Å². The SMILES string of the molecule is COc1ccc(C2C[C@H]3CC[C@@H](C2)N3C(=O)C2CCOCC2)cc1. The van der Waals surface area contributed by atoms with Gasteiger partial charge in [0.25, 0.3) is 0 Å². The van der Waals surface area contributed by atoms with Gasteiger partial charge in [0.1, 0.15) is 5.75 Å². The maximum absolute atomic E-state index is 13.0. The van der Waals surface area contributed by atoms with E-state index in [0.29, 0.717) is 23.9 Å². The number of ether oxygens (including phenoxy) is 2. The van der Waals surface area contributed by atoms with Crippen molar-refractivity contribution in [2.24, 2.45) is 5.92 Å². The Balaban J connectivity index is 1.45. The van der Waals surface area contributed by atoms with Crippen LogP contribution in [0, 0.1) is 5.92 Å². The Morgan fingerprint density at radius 2 is 1.67 bits per heavy atom. The van der Waals surface area contributed by atoms with Crippen molar-refractivity contribution in [3.8, 4) is 5.75 Å². The summed E-state index contributed by atoms with van der Waals surface area (Å²) in [5, 5.41) is 0. The average molecular weight is 329 g/mol. The zero-order valence-corrected chi connectivity index (χ0v) is 14.4. The Labute approximate surface area is 144 Å². The van der Waals surface area contributed by atoms with E-state index in [1.54, 1.807) is 7.11 Å². The number of hydrogen-bond acceptors (Lipinski definition) is 3. The van der Waals surface area contributed by atoms with Crippen molar-refractivity contribution < 1.29 is 14.3 Å². The smallest absolute Gasteiger partial charge is 0.226 e. The number of piperidine rings is 1. The van der Waals surface area contributed by atoms with Gasteiger partial charge in [-0.15, -0.1) is 0 Å². The summed E-state index contributed by atoms with van der Waals surface area (Å²) in [4.78, 5) is 15.3. The first-order valence-electron chi connectivity index (χ1n) is 9.30. The van der Waals surface area contributed by atoms with Crippen LogP contribution in [0.5, 0.6) is 5.75 Å². The van der Waals surface area contributed by atoms with Gasteiger partial charge < -0.3 is 14.4 Å². The van der Waals surface area contributed by atoms with E-state index in [1.165, 1.54) is 18.4 Å². The molecular weight excluding hydrogens is 302 g/mol. The molecule has 3 atom stereocenters. The minimum atomic E-state index is 0.194. The molecule has 0 N–H and O–H groups in total. The Morgan fingerprint density at radius 3 is 2.25 bits per heavy atom. The lowest BCUT2D eigenvalue weighted by molar-refractivity contribution is -0.143. The summed E-state index contributed by atoms with van der Waals surface area (Å²) in [6, 6.07) is 9.36. The summed E-state index contributed by atoms with van der Waals surface area (Å²) in [6.45, 7) is 1.49. The fraction of sp³-hybridized carbons (Fsp3) is 0.650. The average Bonchev–Trinajstić information content (AvgIpc) is 2.91. The molecule has 3 fully saturated rings. The molecular formula is C20H27NO3. The van der Waals surface area contributed by atoms with Crippen LogP contribution in [0.25, 0.3) is 0 Å². The number of hydrogen-bond donors (Lipinski definition) is 0. The first-order valence-corrected chi connectivity index (χ1v) is 9.30. The standard InChI is InChI=1S/C20H27NO3/c1-23-19-6-2-14(3-7-19)16-12-17-4-5-18(13-16)21(17)20(22)15-8-10-24-11-9-15/h2-3,6-7,15-18H,4-5,8-13H2,1H3/t16?,17-,18+. The van der Waals surface area contributed by atoms with E-state index in [4.69, 9.17) is 9.47 Å². The van der Waals surface area contributed by atoms with Crippen LogP contribution < -0.4 is 4.74 Å². The summed E-state index contributed by atoms with van der Waals surface area (Å²) in [5.74, 6) is 2.08. The molecule has 1 unspecified atom stereocenters. The van der Waals surface area contributed by atoms with Crippen LogP contribution in [0.1, 0.15) is 50.0 Å². The van der Waals surface area contributed by atoms with E-state index in [-0.39, 0.29) is 5.92 Å². The van der Waals surface area contributed by atoms with Gasteiger partial charge in [-0.25, -0.2) is 0 Å². The van der Waals surface area contributed by atoms with Crippen molar-refractivity contribution in [1.29, 1.82) is 0 Å². The number of carbonyl (C=O) groups is 1. The van der Waals surface area contributed by atoms with Crippen molar-refractivity contribution in [2.45, 2.75) is 56.5 Å². The van der Waals surface area contributed by atoms with Gasteiger partial charge in [-0.2, -0.15) is 0 Å². The van der Waals surface area contributed by atoms with E-state index in [1.807, 2.05) is 0 Å². The van der Waals surface area contributed by atoms with Crippen molar-refractivity contribution in [2.75, 3.05) is 20.3 Å². The van der Waals surface area contributed by atoms with Crippen LogP contribution in [0.3, 0.4) is 0 Å². The summed E-state index contributed by atoms with van der Waals surface area (Å²) in [6.07, 6.45) is 6.36. The lowest BCUT2D eigenvalue weighted by atomic mass is 9.84. The summed E-state index contributed by atoms with van der Waals surface area (Å²) >= 11 is 0. The number of carbonyl (C=O) groups excluding carboxylic acids is 1. The largest absolute Gasteiger partial charge is 0.497 e. The van der Waals surface area contributed by atoms with E-state index >= 15 is 0 Å². The first-order chi connectivity index (χ1) is 11.8. The van der Waals surface area contributed by atoms with Crippen molar-refractivity contribution >= 4 is 5.91 Å². The molecule has 4 heteroatoms. The lowest BCUT2D eigenvalue weighted by Gasteiger charge is -2.41. The number of methoxy groups -OCH3 is 1. The Kier molecular flexibility index (Phi) is 4.49. The maximum Gasteiger partial charge on any atom is 0.226 e. The molecule has 3 saturated heterocycles. The van der Waals surface area contributed by atoms with Gasteiger partial charge in [0, 0.05) is 31.2 Å². The summed E-state index contributed by atoms with van der Waals surface area (Å²) in [7, 11) is 1.70. The van der Waals surface area contributed by atoms with E-state index < -0.39 is 0 Å².